The van der Waals surface area contributed by atoms with Crippen LogP contribution in [0.4, 0.5) is 11.4 Å². The molecule has 3 rings (SSSR count). The molecule has 6 heteroatoms. The van der Waals surface area contributed by atoms with Crippen LogP contribution in [0.2, 0.25) is 0 Å². The van der Waals surface area contributed by atoms with Crippen LogP contribution in [0.1, 0.15) is 22.8 Å². The number of Topliss-reactive ketones (excluding diaryl/α,β-unsaturated/α-hetero) is 1. The first-order valence-electron chi connectivity index (χ1n) is 7.44. The van der Waals surface area contributed by atoms with Crippen molar-refractivity contribution in [1.82, 2.24) is 0 Å². The van der Waals surface area contributed by atoms with Crippen molar-refractivity contribution < 1.29 is 19.1 Å². The van der Waals surface area contributed by atoms with Crippen molar-refractivity contribution in [3.05, 3.63) is 53.6 Å². The Morgan fingerprint density at radius 2 is 1.96 bits per heavy atom. The summed E-state index contributed by atoms with van der Waals surface area (Å²) in [5.41, 5.74) is 2.42. The van der Waals surface area contributed by atoms with Gasteiger partial charge in [-0.1, -0.05) is 18.2 Å². The number of rotatable bonds is 3. The van der Waals surface area contributed by atoms with Crippen LogP contribution >= 0.6 is 0 Å². The van der Waals surface area contributed by atoms with E-state index < -0.39 is 17.9 Å². The maximum Gasteiger partial charge on any atom is 0.275 e. The molecule has 2 N–H and O–H groups in total. The number of amides is 2. The first-order valence-corrected chi connectivity index (χ1v) is 7.44. The molecule has 0 aromatic heterocycles. The maximum absolute atomic E-state index is 12.4. The average Bonchev–Trinajstić information content (AvgIpc) is 2.54. The highest BCUT2D eigenvalue weighted by atomic mass is 16.5. The van der Waals surface area contributed by atoms with Crippen LogP contribution in [0.3, 0.4) is 0 Å². The highest BCUT2D eigenvalue weighted by molar-refractivity contribution is 6.15. The quantitative estimate of drug-likeness (QED) is 0.671. The molecule has 24 heavy (non-hydrogen) atoms. The van der Waals surface area contributed by atoms with E-state index in [4.69, 9.17) is 4.74 Å². The standard InChI is InChI=1S/C18H16N2O4/c1-10-6-7-15-14(8-10)20-18(23)16(24-15)17(22)19-13-5-3-4-12(9-13)11(2)21/h3-9,16H,1-2H3,(H,19,22)(H,20,23). The van der Waals surface area contributed by atoms with Gasteiger partial charge >= 0.3 is 0 Å². The van der Waals surface area contributed by atoms with Crippen molar-refractivity contribution in [1.29, 1.82) is 0 Å². The predicted octanol–water partition coefficient (Wildman–Crippen LogP) is 2.54. The van der Waals surface area contributed by atoms with Gasteiger partial charge in [0.15, 0.2) is 5.78 Å². The Morgan fingerprint density at radius 3 is 2.71 bits per heavy atom. The van der Waals surface area contributed by atoms with E-state index in [2.05, 4.69) is 10.6 Å². The zero-order valence-electron chi connectivity index (χ0n) is 13.3. The molecule has 0 radical (unpaired) electrons. The number of ketones is 1. The van der Waals surface area contributed by atoms with Crippen LogP contribution in [0.25, 0.3) is 0 Å². The molecular weight excluding hydrogens is 308 g/mol. The molecule has 2 aromatic rings. The van der Waals surface area contributed by atoms with E-state index in [1.807, 2.05) is 13.0 Å². The summed E-state index contributed by atoms with van der Waals surface area (Å²) in [7, 11) is 0. The van der Waals surface area contributed by atoms with Crippen molar-refractivity contribution >= 4 is 29.0 Å². The van der Waals surface area contributed by atoms with Gasteiger partial charge in [-0.3, -0.25) is 14.4 Å². The van der Waals surface area contributed by atoms with Gasteiger partial charge in [-0.15, -0.1) is 0 Å². The molecule has 122 valence electrons. The molecular formula is C18H16N2O4. The van der Waals surface area contributed by atoms with Crippen LogP contribution in [-0.2, 0) is 9.59 Å². The molecule has 6 nitrogen and oxygen atoms in total. The summed E-state index contributed by atoms with van der Waals surface area (Å²) < 4.78 is 5.52. The highest BCUT2D eigenvalue weighted by Crippen LogP contribution is 2.30. The summed E-state index contributed by atoms with van der Waals surface area (Å²) in [5.74, 6) is -0.798. The number of anilines is 2. The summed E-state index contributed by atoms with van der Waals surface area (Å²) in [6.07, 6.45) is -1.29. The summed E-state index contributed by atoms with van der Waals surface area (Å²) >= 11 is 0. The predicted molar refractivity (Wildman–Crippen MR) is 89.3 cm³/mol. The van der Waals surface area contributed by atoms with E-state index in [0.717, 1.165) is 5.56 Å². The van der Waals surface area contributed by atoms with E-state index in [1.54, 1.807) is 36.4 Å². The van der Waals surface area contributed by atoms with E-state index in [1.165, 1.54) is 6.92 Å². The summed E-state index contributed by atoms with van der Waals surface area (Å²) in [5, 5.41) is 5.27. The second kappa shape index (κ2) is 6.16. The number of ether oxygens (including phenoxy) is 1. The van der Waals surface area contributed by atoms with E-state index in [-0.39, 0.29) is 5.78 Å². The molecule has 2 aromatic carbocycles. The lowest BCUT2D eigenvalue weighted by Gasteiger charge is -2.25. The van der Waals surface area contributed by atoms with Gasteiger partial charge in [0.1, 0.15) is 5.75 Å². The first-order chi connectivity index (χ1) is 11.4. The number of nitrogens with one attached hydrogen (secondary N) is 2. The minimum atomic E-state index is -1.29. The highest BCUT2D eigenvalue weighted by Gasteiger charge is 2.34. The SMILES string of the molecule is CC(=O)c1cccc(NC(=O)C2Oc3ccc(C)cc3NC2=O)c1. The third-order valence-electron chi connectivity index (χ3n) is 3.65. The Kier molecular flexibility index (Phi) is 4.04. The second-order valence-corrected chi connectivity index (χ2v) is 5.61. The minimum absolute atomic E-state index is 0.109. The minimum Gasteiger partial charge on any atom is -0.468 e. The van der Waals surface area contributed by atoms with Crippen molar-refractivity contribution in [2.45, 2.75) is 20.0 Å². The van der Waals surface area contributed by atoms with Crippen molar-refractivity contribution in [2.24, 2.45) is 0 Å². The summed E-state index contributed by atoms with van der Waals surface area (Å²) in [4.78, 5) is 35.9. The van der Waals surface area contributed by atoms with Crippen LogP contribution in [0, 0.1) is 6.92 Å². The molecule has 0 saturated carbocycles. The van der Waals surface area contributed by atoms with E-state index in [9.17, 15) is 14.4 Å². The molecule has 0 bridgehead atoms. The van der Waals surface area contributed by atoms with Gasteiger partial charge in [0.25, 0.3) is 17.9 Å². The molecule has 1 heterocycles. The largest absolute Gasteiger partial charge is 0.468 e. The second-order valence-electron chi connectivity index (χ2n) is 5.61. The van der Waals surface area contributed by atoms with Crippen molar-refractivity contribution in [3.63, 3.8) is 0 Å². The monoisotopic (exact) mass is 324 g/mol. The number of hydrogen-bond donors (Lipinski definition) is 2. The summed E-state index contributed by atoms with van der Waals surface area (Å²) in [6, 6.07) is 11.8. The number of fused-ring (bicyclic) bond motifs is 1. The number of hydrogen-bond acceptors (Lipinski definition) is 4. The Hall–Kier alpha value is -3.15. The fraction of sp³-hybridized carbons (Fsp3) is 0.167. The fourth-order valence-electron chi connectivity index (χ4n) is 2.42. The van der Waals surface area contributed by atoms with Crippen LogP contribution in [0.15, 0.2) is 42.5 Å². The lowest BCUT2D eigenvalue weighted by Crippen LogP contribution is -2.45. The number of carbonyl (C=O) groups is 3. The Bertz CT molecular complexity index is 845. The molecule has 1 aliphatic heterocycles. The van der Waals surface area contributed by atoms with E-state index >= 15 is 0 Å². The van der Waals surface area contributed by atoms with Crippen LogP contribution in [0.5, 0.6) is 5.75 Å². The first kappa shape index (κ1) is 15.7. The molecule has 0 fully saturated rings. The average molecular weight is 324 g/mol. The topological polar surface area (TPSA) is 84.5 Å². The maximum atomic E-state index is 12.4. The Labute approximate surface area is 138 Å². The van der Waals surface area contributed by atoms with Gasteiger partial charge in [-0.05, 0) is 43.7 Å². The Morgan fingerprint density at radius 1 is 1.17 bits per heavy atom. The van der Waals surface area contributed by atoms with Crippen molar-refractivity contribution in [2.75, 3.05) is 10.6 Å². The molecule has 0 saturated heterocycles. The van der Waals surface area contributed by atoms with Crippen LogP contribution in [-0.4, -0.2) is 23.7 Å². The van der Waals surface area contributed by atoms with Gasteiger partial charge < -0.3 is 15.4 Å². The van der Waals surface area contributed by atoms with E-state index in [0.29, 0.717) is 22.7 Å². The smallest absolute Gasteiger partial charge is 0.275 e. The normalized spacial score (nSPS) is 15.8. The van der Waals surface area contributed by atoms with Gasteiger partial charge in [-0.2, -0.15) is 0 Å². The van der Waals surface area contributed by atoms with Gasteiger partial charge in [0.05, 0.1) is 5.69 Å². The molecule has 0 aliphatic carbocycles. The molecule has 0 spiro atoms. The fourth-order valence-corrected chi connectivity index (χ4v) is 2.42. The number of benzene rings is 2. The van der Waals surface area contributed by atoms with Crippen LogP contribution < -0.4 is 15.4 Å². The lowest BCUT2D eigenvalue weighted by atomic mass is 10.1. The van der Waals surface area contributed by atoms with Gasteiger partial charge in [0, 0.05) is 11.3 Å². The Balaban J connectivity index is 1.78. The number of aryl methyl sites for hydroxylation is 1. The van der Waals surface area contributed by atoms with Crippen molar-refractivity contribution in [3.8, 4) is 5.75 Å². The molecule has 1 unspecified atom stereocenters. The molecule has 1 aliphatic rings. The zero-order valence-corrected chi connectivity index (χ0v) is 13.3. The lowest BCUT2D eigenvalue weighted by molar-refractivity contribution is -0.133. The third-order valence-corrected chi connectivity index (χ3v) is 3.65. The van der Waals surface area contributed by atoms with Gasteiger partial charge in [-0.25, -0.2) is 0 Å². The number of carbonyl (C=O) groups excluding carboxylic acids is 3. The molecule has 2 amide bonds. The van der Waals surface area contributed by atoms with Gasteiger partial charge in [0.2, 0.25) is 0 Å². The zero-order chi connectivity index (χ0) is 17.3. The molecule has 1 atom stereocenters. The third kappa shape index (κ3) is 3.12. The summed E-state index contributed by atoms with van der Waals surface area (Å²) in [6.45, 7) is 3.34.